The van der Waals surface area contributed by atoms with Crippen LogP contribution >= 0.6 is 11.6 Å². The number of hydrogen-bond acceptors (Lipinski definition) is 4. The van der Waals surface area contributed by atoms with Crippen LogP contribution in [0.25, 0.3) is 11.0 Å². The minimum atomic E-state index is -0.365. The van der Waals surface area contributed by atoms with E-state index in [1.54, 1.807) is 37.4 Å². The van der Waals surface area contributed by atoms with E-state index in [1.807, 2.05) is 30.3 Å². The lowest BCUT2D eigenvalue weighted by atomic mass is 9.88. The summed E-state index contributed by atoms with van der Waals surface area (Å²) in [7, 11) is 1.57. The zero-order valence-electron chi connectivity index (χ0n) is 17.3. The molecule has 5 nitrogen and oxygen atoms in total. The van der Waals surface area contributed by atoms with Gasteiger partial charge in [0.2, 0.25) is 0 Å². The van der Waals surface area contributed by atoms with Crippen LogP contribution in [0.1, 0.15) is 40.6 Å². The number of hydrogen-bond donors (Lipinski definition) is 2. The summed E-state index contributed by atoms with van der Waals surface area (Å²) < 4.78 is 11.4. The molecule has 0 radical (unpaired) electrons. The van der Waals surface area contributed by atoms with E-state index < -0.39 is 0 Å². The monoisotopic (exact) mass is 434 g/mol. The van der Waals surface area contributed by atoms with Crippen molar-refractivity contribution in [2.75, 3.05) is 12.4 Å². The van der Waals surface area contributed by atoms with Crippen molar-refractivity contribution in [3.05, 3.63) is 94.7 Å². The summed E-state index contributed by atoms with van der Waals surface area (Å²) in [5.74, 6) is 0.425. The minimum Gasteiger partial charge on any atom is -0.493 e. The summed E-state index contributed by atoms with van der Waals surface area (Å²) >= 11 is 5.91. The van der Waals surface area contributed by atoms with Crippen LogP contribution in [-0.2, 0) is 0 Å². The second-order valence-corrected chi connectivity index (χ2v) is 7.83. The Kier molecular flexibility index (Phi) is 5.98. The number of rotatable bonds is 6. The molecule has 0 saturated heterocycles. The Labute approximate surface area is 185 Å². The number of furan rings is 1. The van der Waals surface area contributed by atoms with Gasteiger partial charge in [-0.3, -0.25) is 4.79 Å². The van der Waals surface area contributed by atoms with Crippen LogP contribution in [0, 0.1) is 0 Å². The molecule has 0 aliphatic carbocycles. The van der Waals surface area contributed by atoms with Crippen LogP contribution in [-0.4, -0.2) is 13.0 Å². The quantitative estimate of drug-likeness (QED) is 0.381. The zero-order valence-corrected chi connectivity index (χ0v) is 18.0. The van der Waals surface area contributed by atoms with Crippen LogP contribution in [0.4, 0.5) is 5.69 Å². The first-order chi connectivity index (χ1) is 15.0. The second-order valence-electron chi connectivity index (χ2n) is 7.40. The van der Waals surface area contributed by atoms with Gasteiger partial charge in [0.25, 0.3) is 5.91 Å². The number of carbonyl (C=O) groups is 1. The topological polar surface area (TPSA) is 77.5 Å². The fourth-order valence-electron chi connectivity index (χ4n) is 3.64. The molecule has 2 atom stereocenters. The minimum absolute atomic E-state index is 0.0686. The molecule has 158 valence electrons. The van der Waals surface area contributed by atoms with Gasteiger partial charge in [0, 0.05) is 28.1 Å². The van der Waals surface area contributed by atoms with E-state index >= 15 is 0 Å². The van der Waals surface area contributed by atoms with E-state index in [1.165, 1.54) is 0 Å². The number of benzene rings is 3. The molecule has 0 aliphatic rings. The van der Waals surface area contributed by atoms with Crippen molar-refractivity contribution < 1.29 is 13.9 Å². The normalized spacial score (nSPS) is 13.0. The van der Waals surface area contributed by atoms with Crippen LogP contribution in [0.3, 0.4) is 0 Å². The molecule has 4 rings (SSSR count). The summed E-state index contributed by atoms with van der Waals surface area (Å²) in [6, 6.07) is 22.2. The van der Waals surface area contributed by atoms with Gasteiger partial charge in [0.15, 0.2) is 17.1 Å². The lowest BCUT2D eigenvalue weighted by molar-refractivity contribution is 0.0998. The van der Waals surface area contributed by atoms with Gasteiger partial charge in [0.05, 0.1) is 7.11 Å². The first-order valence-corrected chi connectivity index (χ1v) is 10.3. The Bertz CT molecular complexity index is 1200. The highest BCUT2D eigenvalue weighted by atomic mass is 35.5. The number of carbonyl (C=O) groups excluding carboxylic acids is 1. The molecule has 3 aromatic carbocycles. The van der Waals surface area contributed by atoms with Gasteiger partial charge in [-0.15, -0.1) is 0 Å². The maximum atomic E-state index is 12.8. The molecule has 4 aromatic rings. The van der Waals surface area contributed by atoms with Gasteiger partial charge in [-0.1, -0.05) is 54.9 Å². The van der Waals surface area contributed by atoms with Gasteiger partial charge in [-0.2, -0.15) is 0 Å². The van der Waals surface area contributed by atoms with Crippen molar-refractivity contribution in [1.82, 2.24) is 0 Å². The number of methoxy groups -OCH3 is 1. The van der Waals surface area contributed by atoms with Gasteiger partial charge in [-0.05, 0) is 47.5 Å². The van der Waals surface area contributed by atoms with E-state index in [0.29, 0.717) is 22.0 Å². The first-order valence-electron chi connectivity index (χ1n) is 9.96. The first kappa shape index (κ1) is 21.0. The van der Waals surface area contributed by atoms with Gasteiger partial charge in [-0.25, -0.2) is 0 Å². The van der Waals surface area contributed by atoms with E-state index in [2.05, 4.69) is 24.4 Å². The van der Waals surface area contributed by atoms with E-state index in [9.17, 15) is 4.79 Å². The standard InChI is InChI=1S/C25H23ClN2O3/c1-15(16-6-4-3-5-7-16)23(27)19-12-13-21(30-2)24-20(19)14-22(31-24)25(29)28-18-10-8-17(26)9-11-18/h3-15,23H,27H2,1-2H3,(H,28,29). The number of nitrogens with one attached hydrogen (secondary N) is 1. The molecule has 3 N–H and O–H groups in total. The molecule has 0 spiro atoms. The summed E-state index contributed by atoms with van der Waals surface area (Å²) in [4.78, 5) is 12.8. The average molecular weight is 435 g/mol. The molecule has 1 heterocycles. The van der Waals surface area contributed by atoms with Crippen molar-refractivity contribution in [1.29, 1.82) is 0 Å². The third-order valence-electron chi connectivity index (χ3n) is 5.45. The Morgan fingerprint density at radius 1 is 1.06 bits per heavy atom. The number of amides is 1. The zero-order chi connectivity index (χ0) is 22.0. The number of fused-ring (bicyclic) bond motifs is 1. The van der Waals surface area contributed by atoms with Crippen LogP contribution in [0.2, 0.25) is 5.02 Å². The molecule has 0 saturated carbocycles. The third kappa shape index (κ3) is 4.29. The Morgan fingerprint density at radius 2 is 1.77 bits per heavy atom. The van der Waals surface area contributed by atoms with Crippen molar-refractivity contribution in [2.24, 2.45) is 5.73 Å². The number of halogens is 1. The summed E-state index contributed by atoms with van der Waals surface area (Å²) in [5.41, 5.74) is 9.81. The number of ether oxygens (including phenoxy) is 1. The van der Waals surface area contributed by atoms with Crippen molar-refractivity contribution in [3.63, 3.8) is 0 Å². The van der Waals surface area contributed by atoms with Crippen molar-refractivity contribution in [2.45, 2.75) is 18.9 Å². The van der Waals surface area contributed by atoms with E-state index in [4.69, 9.17) is 26.5 Å². The van der Waals surface area contributed by atoms with Crippen molar-refractivity contribution >= 4 is 34.2 Å². The van der Waals surface area contributed by atoms with E-state index in [0.717, 1.165) is 16.5 Å². The van der Waals surface area contributed by atoms with Crippen LogP contribution in [0.5, 0.6) is 5.75 Å². The molecule has 0 fully saturated rings. The Morgan fingerprint density at radius 3 is 2.45 bits per heavy atom. The third-order valence-corrected chi connectivity index (χ3v) is 5.70. The number of anilines is 1. The molecule has 0 aliphatic heterocycles. The number of nitrogens with two attached hydrogens (primary N) is 1. The predicted octanol–water partition coefficient (Wildman–Crippen LogP) is 6.15. The van der Waals surface area contributed by atoms with Gasteiger partial charge >= 0.3 is 0 Å². The smallest absolute Gasteiger partial charge is 0.291 e. The molecule has 1 amide bonds. The average Bonchev–Trinajstić information content (AvgIpc) is 3.25. The largest absolute Gasteiger partial charge is 0.493 e. The summed E-state index contributed by atoms with van der Waals surface area (Å²) in [6.07, 6.45) is 0. The Hall–Kier alpha value is -3.28. The molecular weight excluding hydrogens is 412 g/mol. The fourth-order valence-corrected chi connectivity index (χ4v) is 3.77. The molecular formula is C25H23ClN2O3. The maximum absolute atomic E-state index is 12.8. The second kappa shape index (κ2) is 8.84. The molecule has 6 heteroatoms. The molecule has 1 aromatic heterocycles. The molecule has 31 heavy (non-hydrogen) atoms. The SMILES string of the molecule is COc1ccc(C(N)C(C)c2ccccc2)c2cc(C(=O)Nc3ccc(Cl)cc3)oc12. The fraction of sp³-hybridized carbons (Fsp3) is 0.160. The van der Waals surface area contributed by atoms with Crippen LogP contribution in [0.15, 0.2) is 77.2 Å². The lowest BCUT2D eigenvalue weighted by Crippen LogP contribution is -2.18. The maximum Gasteiger partial charge on any atom is 0.291 e. The lowest BCUT2D eigenvalue weighted by Gasteiger charge is -2.21. The molecule has 2 unspecified atom stereocenters. The van der Waals surface area contributed by atoms with Crippen molar-refractivity contribution in [3.8, 4) is 5.75 Å². The Balaban J connectivity index is 1.70. The summed E-state index contributed by atoms with van der Waals surface area (Å²) in [6.45, 7) is 2.09. The highest BCUT2D eigenvalue weighted by Crippen LogP contribution is 2.38. The predicted molar refractivity (Wildman–Crippen MR) is 124 cm³/mol. The highest BCUT2D eigenvalue weighted by Gasteiger charge is 2.23. The highest BCUT2D eigenvalue weighted by molar-refractivity contribution is 6.30. The summed E-state index contributed by atoms with van der Waals surface area (Å²) in [5, 5.41) is 4.17. The van der Waals surface area contributed by atoms with Crippen LogP contribution < -0.4 is 15.8 Å². The molecule has 0 bridgehead atoms. The van der Waals surface area contributed by atoms with Gasteiger partial charge in [0.1, 0.15) is 0 Å². The van der Waals surface area contributed by atoms with Gasteiger partial charge < -0.3 is 20.2 Å². The van der Waals surface area contributed by atoms with E-state index in [-0.39, 0.29) is 23.6 Å².